The van der Waals surface area contributed by atoms with E-state index in [1.807, 2.05) is 57.2 Å². The lowest BCUT2D eigenvalue weighted by atomic mass is 10.1. The molecule has 0 fully saturated rings. The Morgan fingerprint density at radius 3 is 2.31 bits per heavy atom. The molecule has 0 spiro atoms. The number of hydrogen-bond donors (Lipinski definition) is 1. The number of carbonyl (C=O) groups is 1. The van der Waals surface area contributed by atoms with Crippen LogP contribution in [0.5, 0.6) is 0 Å². The molecule has 5 nitrogen and oxygen atoms in total. The molecule has 2 aromatic rings. The molecule has 0 aliphatic heterocycles. The second-order valence-electron chi connectivity index (χ2n) is 6.46. The zero-order valence-electron chi connectivity index (χ0n) is 15.6. The van der Waals surface area contributed by atoms with E-state index in [2.05, 4.69) is 5.32 Å². The van der Waals surface area contributed by atoms with E-state index in [0.29, 0.717) is 12.1 Å². The zero-order valence-corrected chi connectivity index (χ0v) is 16.5. The molecular formula is C20H26N2O3S. The molecular weight excluding hydrogens is 348 g/mol. The highest BCUT2D eigenvalue weighted by atomic mass is 32.2. The van der Waals surface area contributed by atoms with Crippen molar-refractivity contribution in [2.45, 2.75) is 39.3 Å². The number of anilines is 1. The summed E-state index contributed by atoms with van der Waals surface area (Å²) in [5.74, 6) is -0.309. The molecule has 1 N–H and O–H groups in total. The van der Waals surface area contributed by atoms with Crippen LogP contribution in [0.4, 0.5) is 5.69 Å². The summed E-state index contributed by atoms with van der Waals surface area (Å²) in [4.78, 5) is 12.9. The predicted molar refractivity (Wildman–Crippen MR) is 106 cm³/mol. The first-order valence-corrected chi connectivity index (χ1v) is 10.5. The SMILES string of the molecule is CC[C@H](C(=O)N[C@H](C)c1ccccc1)N(c1cccc(C)c1)S(C)(=O)=O. The van der Waals surface area contributed by atoms with Crippen molar-refractivity contribution in [2.24, 2.45) is 0 Å². The van der Waals surface area contributed by atoms with E-state index < -0.39 is 16.1 Å². The minimum absolute atomic E-state index is 0.211. The van der Waals surface area contributed by atoms with Crippen molar-refractivity contribution in [1.82, 2.24) is 5.32 Å². The van der Waals surface area contributed by atoms with Gasteiger partial charge in [-0.1, -0.05) is 49.4 Å². The molecule has 2 atom stereocenters. The molecule has 26 heavy (non-hydrogen) atoms. The first-order valence-electron chi connectivity index (χ1n) is 8.65. The lowest BCUT2D eigenvalue weighted by Gasteiger charge is -2.31. The van der Waals surface area contributed by atoms with Crippen molar-refractivity contribution in [2.75, 3.05) is 10.6 Å². The summed E-state index contributed by atoms with van der Waals surface area (Å²) < 4.78 is 26.1. The van der Waals surface area contributed by atoms with Crippen LogP contribution in [0.15, 0.2) is 54.6 Å². The second kappa shape index (κ2) is 8.36. The van der Waals surface area contributed by atoms with Crippen LogP contribution in [0.1, 0.15) is 37.4 Å². The fourth-order valence-corrected chi connectivity index (χ4v) is 4.16. The topological polar surface area (TPSA) is 66.5 Å². The summed E-state index contributed by atoms with van der Waals surface area (Å²) in [5, 5.41) is 2.94. The highest BCUT2D eigenvalue weighted by Crippen LogP contribution is 2.24. The molecule has 0 heterocycles. The summed E-state index contributed by atoms with van der Waals surface area (Å²) in [6, 6.07) is 15.7. The van der Waals surface area contributed by atoms with Gasteiger partial charge in [0.25, 0.3) is 0 Å². The van der Waals surface area contributed by atoms with Crippen LogP contribution in [0.3, 0.4) is 0 Å². The lowest BCUT2D eigenvalue weighted by Crippen LogP contribution is -2.49. The van der Waals surface area contributed by atoms with Gasteiger partial charge in [-0.25, -0.2) is 8.42 Å². The normalized spacial score (nSPS) is 13.7. The highest BCUT2D eigenvalue weighted by Gasteiger charge is 2.32. The van der Waals surface area contributed by atoms with Crippen molar-refractivity contribution in [3.63, 3.8) is 0 Å². The standard InChI is InChI=1S/C20H26N2O3S/c1-5-19(20(23)21-16(3)17-11-7-6-8-12-17)22(26(4,24)25)18-13-9-10-15(2)14-18/h6-14,16,19H,5H2,1-4H3,(H,21,23)/t16-,19-/m1/s1. The molecule has 0 radical (unpaired) electrons. The van der Waals surface area contributed by atoms with Crippen molar-refractivity contribution >= 4 is 21.6 Å². The van der Waals surface area contributed by atoms with Crippen LogP contribution in [0, 0.1) is 6.92 Å². The summed E-state index contributed by atoms with van der Waals surface area (Å²) in [6.45, 7) is 5.59. The van der Waals surface area contributed by atoms with Crippen LogP contribution < -0.4 is 9.62 Å². The fraction of sp³-hybridized carbons (Fsp3) is 0.350. The highest BCUT2D eigenvalue weighted by molar-refractivity contribution is 7.92. The van der Waals surface area contributed by atoms with Crippen LogP contribution in [-0.2, 0) is 14.8 Å². The summed E-state index contributed by atoms with van der Waals surface area (Å²) in [5.41, 5.74) is 2.41. The van der Waals surface area contributed by atoms with E-state index in [0.717, 1.165) is 17.4 Å². The van der Waals surface area contributed by atoms with Crippen molar-refractivity contribution in [3.8, 4) is 0 Å². The molecule has 0 aliphatic rings. The Kier molecular flexibility index (Phi) is 6.42. The van der Waals surface area contributed by atoms with Crippen molar-refractivity contribution in [1.29, 1.82) is 0 Å². The Bertz CT molecular complexity index is 850. The first-order chi connectivity index (χ1) is 12.2. The third-order valence-electron chi connectivity index (χ3n) is 4.24. The van der Waals surface area contributed by atoms with Crippen molar-refractivity contribution in [3.05, 3.63) is 65.7 Å². The fourth-order valence-electron chi connectivity index (χ4n) is 2.96. The maximum Gasteiger partial charge on any atom is 0.244 e. The van der Waals surface area contributed by atoms with E-state index in [9.17, 15) is 13.2 Å². The Morgan fingerprint density at radius 2 is 1.77 bits per heavy atom. The largest absolute Gasteiger partial charge is 0.348 e. The first kappa shape index (κ1) is 20.0. The minimum Gasteiger partial charge on any atom is -0.348 e. The average Bonchev–Trinajstić information content (AvgIpc) is 2.58. The van der Waals surface area contributed by atoms with Gasteiger partial charge in [-0.15, -0.1) is 0 Å². The number of hydrogen-bond acceptors (Lipinski definition) is 3. The monoisotopic (exact) mass is 374 g/mol. The summed E-state index contributed by atoms with van der Waals surface area (Å²) in [6.07, 6.45) is 1.50. The summed E-state index contributed by atoms with van der Waals surface area (Å²) >= 11 is 0. The minimum atomic E-state index is -3.62. The van der Waals surface area contributed by atoms with E-state index in [-0.39, 0.29) is 11.9 Å². The molecule has 140 valence electrons. The van der Waals surface area contributed by atoms with Gasteiger partial charge in [0.15, 0.2) is 0 Å². The van der Waals surface area contributed by atoms with Crippen LogP contribution >= 0.6 is 0 Å². The molecule has 6 heteroatoms. The van der Waals surface area contributed by atoms with Gasteiger partial charge in [0.2, 0.25) is 15.9 Å². The predicted octanol–water partition coefficient (Wildman–Crippen LogP) is 3.42. The Balaban J connectivity index is 2.31. The number of carbonyl (C=O) groups excluding carboxylic acids is 1. The van der Waals surface area contributed by atoms with Gasteiger partial charge in [0.05, 0.1) is 18.0 Å². The lowest BCUT2D eigenvalue weighted by molar-refractivity contribution is -0.122. The number of sulfonamides is 1. The molecule has 0 aromatic heterocycles. The molecule has 1 amide bonds. The zero-order chi connectivity index (χ0) is 19.3. The number of aryl methyl sites for hydroxylation is 1. The number of rotatable bonds is 7. The molecule has 0 saturated carbocycles. The van der Waals surface area contributed by atoms with Crippen LogP contribution in [-0.4, -0.2) is 26.6 Å². The maximum atomic E-state index is 12.9. The number of nitrogens with one attached hydrogen (secondary N) is 1. The third-order valence-corrected chi connectivity index (χ3v) is 5.42. The summed E-state index contributed by atoms with van der Waals surface area (Å²) in [7, 11) is -3.62. The van der Waals surface area contributed by atoms with Crippen LogP contribution in [0.2, 0.25) is 0 Å². The quantitative estimate of drug-likeness (QED) is 0.807. The molecule has 0 bridgehead atoms. The smallest absolute Gasteiger partial charge is 0.244 e. The number of nitrogens with zero attached hydrogens (tertiary/aromatic N) is 1. The Morgan fingerprint density at radius 1 is 1.12 bits per heavy atom. The third kappa shape index (κ3) is 4.85. The molecule has 2 aromatic carbocycles. The molecule has 0 aliphatic carbocycles. The van der Waals surface area contributed by atoms with Gasteiger partial charge in [0.1, 0.15) is 6.04 Å². The number of benzene rings is 2. The van der Waals surface area contributed by atoms with E-state index >= 15 is 0 Å². The molecule has 0 saturated heterocycles. The van der Waals surface area contributed by atoms with Gasteiger partial charge in [-0.3, -0.25) is 9.10 Å². The molecule has 0 unspecified atom stereocenters. The second-order valence-corrected chi connectivity index (χ2v) is 8.32. The number of amides is 1. The average molecular weight is 375 g/mol. The van der Waals surface area contributed by atoms with Gasteiger partial charge in [0, 0.05) is 0 Å². The van der Waals surface area contributed by atoms with Crippen LogP contribution in [0.25, 0.3) is 0 Å². The van der Waals surface area contributed by atoms with Crippen molar-refractivity contribution < 1.29 is 13.2 Å². The van der Waals surface area contributed by atoms with E-state index in [1.54, 1.807) is 18.2 Å². The Hall–Kier alpha value is -2.34. The van der Waals surface area contributed by atoms with Gasteiger partial charge >= 0.3 is 0 Å². The van der Waals surface area contributed by atoms with Gasteiger partial charge in [-0.2, -0.15) is 0 Å². The Labute approximate surface area is 156 Å². The maximum absolute atomic E-state index is 12.9. The molecule has 2 rings (SSSR count). The van der Waals surface area contributed by atoms with E-state index in [4.69, 9.17) is 0 Å². The van der Waals surface area contributed by atoms with E-state index in [1.165, 1.54) is 4.31 Å². The van der Waals surface area contributed by atoms with Gasteiger partial charge in [-0.05, 0) is 43.5 Å². The van der Waals surface area contributed by atoms with Gasteiger partial charge < -0.3 is 5.32 Å².